The van der Waals surface area contributed by atoms with Crippen molar-refractivity contribution in [3.8, 4) is 0 Å². The van der Waals surface area contributed by atoms with Gasteiger partial charge in [-0.15, -0.1) is 0 Å². The number of hydrogen-bond donors (Lipinski definition) is 3. The third-order valence-electron chi connectivity index (χ3n) is 2.40. The third kappa shape index (κ3) is 3.47. The molecule has 0 saturated carbocycles. The monoisotopic (exact) mass is 279 g/mol. The average molecular weight is 279 g/mol. The Morgan fingerprint density at radius 3 is 2.47 bits per heavy atom. The SMILES string of the molecule is NNc1ccc(S(=O)(=O)NCc2cccnn2)cc1. The molecule has 0 aliphatic carbocycles. The molecule has 100 valence electrons. The molecule has 0 amide bonds. The lowest BCUT2D eigenvalue weighted by Gasteiger charge is -2.07. The van der Waals surface area contributed by atoms with E-state index in [9.17, 15) is 8.42 Å². The number of sulfonamides is 1. The van der Waals surface area contributed by atoms with E-state index in [2.05, 4.69) is 20.3 Å². The molecule has 4 N–H and O–H groups in total. The van der Waals surface area contributed by atoms with Crippen molar-refractivity contribution in [2.24, 2.45) is 5.84 Å². The van der Waals surface area contributed by atoms with Crippen molar-refractivity contribution in [3.63, 3.8) is 0 Å². The van der Waals surface area contributed by atoms with Crippen LogP contribution < -0.4 is 16.0 Å². The average Bonchev–Trinajstić information content (AvgIpc) is 2.46. The van der Waals surface area contributed by atoms with Crippen LogP contribution in [0.3, 0.4) is 0 Å². The number of nitrogens with zero attached hydrogens (tertiary/aromatic N) is 2. The summed E-state index contributed by atoms with van der Waals surface area (Å²) in [5.74, 6) is 5.21. The highest BCUT2D eigenvalue weighted by Gasteiger charge is 2.13. The molecule has 0 radical (unpaired) electrons. The second kappa shape index (κ2) is 5.74. The molecule has 0 unspecified atom stereocenters. The Morgan fingerprint density at radius 2 is 1.89 bits per heavy atom. The van der Waals surface area contributed by atoms with Gasteiger partial charge in [0.2, 0.25) is 10.0 Å². The van der Waals surface area contributed by atoms with E-state index in [-0.39, 0.29) is 11.4 Å². The van der Waals surface area contributed by atoms with E-state index in [1.165, 1.54) is 18.3 Å². The van der Waals surface area contributed by atoms with E-state index in [0.29, 0.717) is 11.4 Å². The predicted molar refractivity (Wildman–Crippen MR) is 70.3 cm³/mol. The summed E-state index contributed by atoms with van der Waals surface area (Å²) >= 11 is 0. The summed E-state index contributed by atoms with van der Waals surface area (Å²) in [4.78, 5) is 0.162. The van der Waals surface area contributed by atoms with Crippen molar-refractivity contribution in [1.82, 2.24) is 14.9 Å². The summed E-state index contributed by atoms with van der Waals surface area (Å²) in [6, 6.07) is 9.48. The van der Waals surface area contributed by atoms with Gasteiger partial charge in [0.25, 0.3) is 0 Å². The smallest absolute Gasteiger partial charge is 0.240 e. The molecule has 0 fully saturated rings. The summed E-state index contributed by atoms with van der Waals surface area (Å²) in [6.45, 7) is 0.0903. The zero-order chi connectivity index (χ0) is 13.7. The summed E-state index contributed by atoms with van der Waals surface area (Å²) in [7, 11) is -3.57. The van der Waals surface area contributed by atoms with Gasteiger partial charge in [0, 0.05) is 11.9 Å². The fourth-order valence-corrected chi connectivity index (χ4v) is 2.41. The van der Waals surface area contributed by atoms with Crippen LogP contribution in [0, 0.1) is 0 Å². The second-order valence-corrected chi connectivity index (χ2v) is 5.48. The van der Waals surface area contributed by atoms with Gasteiger partial charge in [-0.2, -0.15) is 10.2 Å². The van der Waals surface area contributed by atoms with E-state index >= 15 is 0 Å². The molecule has 0 saturated heterocycles. The molecule has 7 nitrogen and oxygen atoms in total. The first kappa shape index (κ1) is 13.4. The van der Waals surface area contributed by atoms with E-state index in [1.54, 1.807) is 24.3 Å². The number of benzene rings is 1. The Morgan fingerprint density at radius 1 is 1.16 bits per heavy atom. The van der Waals surface area contributed by atoms with Crippen LogP contribution in [0.25, 0.3) is 0 Å². The third-order valence-corrected chi connectivity index (χ3v) is 3.82. The minimum absolute atomic E-state index is 0.0903. The van der Waals surface area contributed by atoms with Crippen molar-refractivity contribution >= 4 is 15.7 Å². The Bertz CT molecular complexity index is 628. The van der Waals surface area contributed by atoms with Crippen LogP contribution in [0.4, 0.5) is 5.69 Å². The zero-order valence-corrected chi connectivity index (χ0v) is 10.8. The lowest BCUT2D eigenvalue weighted by molar-refractivity contribution is 0.580. The van der Waals surface area contributed by atoms with E-state index < -0.39 is 10.0 Å². The van der Waals surface area contributed by atoms with Crippen LogP contribution >= 0.6 is 0 Å². The molecule has 2 aromatic rings. The van der Waals surface area contributed by atoms with Crippen molar-refractivity contribution < 1.29 is 8.42 Å². The minimum Gasteiger partial charge on any atom is -0.324 e. The van der Waals surface area contributed by atoms with Crippen LogP contribution in [0.15, 0.2) is 47.5 Å². The van der Waals surface area contributed by atoms with Gasteiger partial charge in [-0.25, -0.2) is 13.1 Å². The molecule has 1 aromatic carbocycles. The van der Waals surface area contributed by atoms with Crippen LogP contribution in [0.1, 0.15) is 5.69 Å². The minimum atomic E-state index is -3.57. The first-order valence-corrected chi connectivity index (χ1v) is 6.93. The topological polar surface area (TPSA) is 110 Å². The summed E-state index contributed by atoms with van der Waals surface area (Å²) in [6.07, 6.45) is 1.52. The molecule has 1 aromatic heterocycles. The van der Waals surface area contributed by atoms with Crippen molar-refractivity contribution in [1.29, 1.82) is 0 Å². The largest absolute Gasteiger partial charge is 0.324 e. The molecular formula is C11H13N5O2S. The Hall–Kier alpha value is -2.03. The van der Waals surface area contributed by atoms with E-state index in [1.807, 2.05) is 0 Å². The van der Waals surface area contributed by atoms with E-state index in [0.717, 1.165) is 0 Å². The van der Waals surface area contributed by atoms with Gasteiger partial charge < -0.3 is 5.43 Å². The molecule has 19 heavy (non-hydrogen) atoms. The van der Waals surface area contributed by atoms with Crippen molar-refractivity contribution in [2.75, 3.05) is 5.43 Å². The maximum atomic E-state index is 12.0. The van der Waals surface area contributed by atoms with Gasteiger partial charge in [0.05, 0.1) is 17.1 Å². The summed E-state index contributed by atoms with van der Waals surface area (Å²) in [5, 5.41) is 7.47. The van der Waals surface area contributed by atoms with Gasteiger partial charge >= 0.3 is 0 Å². The molecule has 0 bridgehead atoms. The number of hydrazine groups is 1. The van der Waals surface area contributed by atoms with Crippen LogP contribution in [0.2, 0.25) is 0 Å². The Labute approximate surface area is 110 Å². The summed E-state index contributed by atoms with van der Waals surface area (Å²) < 4.78 is 26.4. The first-order valence-electron chi connectivity index (χ1n) is 5.45. The Balaban J connectivity index is 2.09. The fourth-order valence-electron chi connectivity index (χ4n) is 1.41. The van der Waals surface area contributed by atoms with Crippen LogP contribution in [-0.4, -0.2) is 18.6 Å². The van der Waals surface area contributed by atoms with Gasteiger partial charge in [0.15, 0.2) is 0 Å². The molecule has 0 aliphatic rings. The molecule has 8 heteroatoms. The predicted octanol–water partition coefficient (Wildman–Crippen LogP) is 0.241. The maximum absolute atomic E-state index is 12.0. The standard InChI is InChI=1S/C11H13N5O2S/c12-15-9-3-5-11(6-4-9)19(17,18)14-8-10-2-1-7-13-16-10/h1-7,14-15H,8,12H2. The molecule has 0 aliphatic heterocycles. The zero-order valence-electron chi connectivity index (χ0n) is 9.95. The highest BCUT2D eigenvalue weighted by Crippen LogP contribution is 2.13. The lowest BCUT2D eigenvalue weighted by Crippen LogP contribution is -2.23. The highest BCUT2D eigenvalue weighted by molar-refractivity contribution is 7.89. The molecule has 1 heterocycles. The number of nitrogens with two attached hydrogens (primary N) is 1. The number of rotatable bonds is 5. The quantitative estimate of drug-likeness (QED) is 0.534. The molecular weight excluding hydrogens is 266 g/mol. The maximum Gasteiger partial charge on any atom is 0.240 e. The second-order valence-electron chi connectivity index (χ2n) is 3.71. The molecule has 2 rings (SSSR count). The number of aromatic nitrogens is 2. The fraction of sp³-hybridized carbons (Fsp3) is 0.0909. The van der Waals surface area contributed by atoms with Crippen LogP contribution in [-0.2, 0) is 16.6 Å². The molecule has 0 atom stereocenters. The van der Waals surface area contributed by atoms with Crippen LogP contribution in [0.5, 0.6) is 0 Å². The number of hydrogen-bond acceptors (Lipinski definition) is 6. The first-order chi connectivity index (χ1) is 9.12. The molecule has 0 spiro atoms. The number of nitrogen functional groups attached to an aromatic ring is 1. The summed E-state index contributed by atoms with van der Waals surface area (Å²) in [5.41, 5.74) is 3.61. The van der Waals surface area contributed by atoms with Gasteiger partial charge in [-0.1, -0.05) is 0 Å². The van der Waals surface area contributed by atoms with Gasteiger partial charge in [-0.05, 0) is 36.4 Å². The Kier molecular flexibility index (Phi) is 4.05. The van der Waals surface area contributed by atoms with Crippen molar-refractivity contribution in [2.45, 2.75) is 11.4 Å². The highest BCUT2D eigenvalue weighted by atomic mass is 32.2. The van der Waals surface area contributed by atoms with Gasteiger partial charge in [0.1, 0.15) is 0 Å². The van der Waals surface area contributed by atoms with E-state index in [4.69, 9.17) is 5.84 Å². The lowest BCUT2D eigenvalue weighted by atomic mass is 10.3. The number of nitrogens with one attached hydrogen (secondary N) is 2. The number of anilines is 1. The van der Waals surface area contributed by atoms with Gasteiger partial charge in [-0.3, -0.25) is 5.84 Å². The normalized spacial score (nSPS) is 11.2. The van der Waals surface area contributed by atoms with Crippen molar-refractivity contribution in [3.05, 3.63) is 48.3 Å².